The molecular weight excluding hydrogens is 124 g/mol. The standard InChI is InChI=1S/C4H9N2OS/c5-6-1-3-8(7)4-2-6/h5H,1-4H2. The van der Waals surface area contributed by atoms with E-state index < -0.39 is 11.2 Å². The Morgan fingerprint density at radius 2 is 1.88 bits per heavy atom. The molecule has 1 rings (SSSR count). The molecule has 0 aromatic carbocycles. The first kappa shape index (κ1) is 6.35. The van der Waals surface area contributed by atoms with Crippen molar-refractivity contribution in [1.82, 2.24) is 10.9 Å². The van der Waals surface area contributed by atoms with Crippen LogP contribution in [-0.4, -0.2) is 34.2 Å². The van der Waals surface area contributed by atoms with E-state index in [4.69, 9.17) is 5.84 Å². The van der Waals surface area contributed by atoms with Gasteiger partial charge in [-0.3, -0.25) is 0 Å². The lowest BCUT2D eigenvalue weighted by Crippen LogP contribution is -2.39. The summed E-state index contributed by atoms with van der Waals surface area (Å²) in [5.41, 5.74) is 0. The molecule has 0 atom stereocenters. The smallest absolute Gasteiger partial charge is 0.119 e. The van der Waals surface area contributed by atoms with Crippen LogP contribution in [0.2, 0.25) is 0 Å². The van der Waals surface area contributed by atoms with Crippen molar-refractivity contribution in [2.75, 3.05) is 24.6 Å². The van der Waals surface area contributed by atoms with Gasteiger partial charge in [-0.15, -0.1) is 0 Å². The van der Waals surface area contributed by atoms with E-state index in [1.165, 1.54) is 5.01 Å². The Hall–Kier alpha value is 0.230. The molecule has 1 aliphatic heterocycles. The zero-order valence-corrected chi connectivity index (χ0v) is 5.41. The number of nitrogens with zero attached hydrogens (tertiary/aromatic N) is 1. The van der Waals surface area contributed by atoms with Crippen LogP contribution in [0, 0.1) is 0 Å². The molecule has 0 saturated carbocycles. The fraction of sp³-hybridized carbons (Fsp3) is 1.00. The van der Waals surface area contributed by atoms with Crippen LogP contribution < -0.4 is 5.84 Å². The molecular formula is C4H9N2OS. The van der Waals surface area contributed by atoms with E-state index >= 15 is 0 Å². The fourth-order valence-electron chi connectivity index (χ4n) is 0.638. The molecule has 1 heterocycles. The molecule has 0 unspecified atom stereocenters. The lowest BCUT2D eigenvalue weighted by molar-refractivity contribution is 0.289. The first-order valence-electron chi connectivity index (χ1n) is 2.60. The van der Waals surface area contributed by atoms with E-state index in [9.17, 15) is 4.55 Å². The zero-order valence-electron chi connectivity index (χ0n) is 4.59. The number of hydrogen-bond acceptors (Lipinski definition) is 2. The van der Waals surface area contributed by atoms with Gasteiger partial charge in [-0.2, -0.15) is 5.84 Å². The zero-order chi connectivity index (χ0) is 5.98. The molecule has 0 bridgehead atoms. The Morgan fingerprint density at radius 1 is 1.38 bits per heavy atom. The topological polar surface area (TPSA) is 50.1 Å². The Morgan fingerprint density at radius 3 is 2.25 bits per heavy atom. The maximum Gasteiger partial charge on any atom is 0.119 e. The molecule has 0 spiro atoms. The van der Waals surface area contributed by atoms with E-state index in [2.05, 4.69) is 0 Å². The predicted octanol–water partition coefficient (Wildman–Crippen LogP) is -0.751. The van der Waals surface area contributed by atoms with Gasteiger partial charge in [0.25, 0.3) is 0 Å². The van der Waals surface area contributed by atoms with Crippen LogP contribution in [0.4, 0.5) is 0 Å². The third-order valence-electron chi connectivity index (χ3n) is 1.18. The lowest BCUT2D eigenvalue weighted by Gasteiger charge is -2.22. The largest absolute Gasteiger partial charge is 0.616 e. The summed E-state index contributed by atoms with van der Waals surface area (Å²) in [6, 6.07) is 0. The van der Waals surface area contributed by atoms with Crippen LogP contribution in [0.15, 0.2) is 0 Å². The van der Waals surface area contributed by atoms with Crippen LogP contribution >= 0.6 is 0 Å². The maximum atomic E-state index is 10.6. The first-order valence-corrected chi connectivity index (χ1v) is 4.09. The molecule has 1 aliphatic rings. The highest BCUT2D eigenvalue weighted by atomic mass is 32.2. The minimum absolute atomic E-state index is 0.623. The second kappa shape index (κ2) is 2.68. The summed E-state index contributed by atoms with van der Waals surface area (Å²) in [6.07, 6.45) is 0. The molecule has 0 aliphatic carbocycles. The molecule has 0 aromatic rings. The molecule has 1 fully saturated rings. The van der Waals surface area contributed by atoms with Gasteiger partial charge in [0.15, 0.2) is 0 Å². The van der Waals surface area contributed by atoms with Crippen molar-refractivity contribution in [3.63, 3.8) is 0 Å². The van der Waals surface area contributed by atoms with Gasteiger partial charge in [0, 0.05) is 0 Å². The van der Waals surface area contributed by atoms with E-state index in [0.29, 0.717) is 24.6 Å². The molecule has 0 aromatic heterocycles. The highest BCUT2D eigenvalue weighted by molar-refractivity contribution is 7.91. The van der Waals surface area contributed by atoms with Crippen LogP contribution in [-0.2, 0) is 11.2 Å². The molecule has 8 heavy (non-hydrogen) atoms. The molecule has 1 saturated heterocycles. The molecule has 47 valence electrons. The van der Waals surface area contributed by atoms with Crippen LogP contribution in [0.3, 0.4) is 0 Å². The monoisotopic (exact) mass is 133 g/mol. The van der Waals surface area contributed by atoms with Gasteiger partial charge in [0.1, 0.15) is 11.5 Å². The third kappa shape index (κ3) is 1.63. The third-order valence-corrected chi connectivity index (χ3v) is 2.45. The lowest BCUT2D eigenvalue weighted by atomic mass is 10.6. The number of rotatable bonds is 0. The summed E-state index contributed by atoms with van der Waals surface area (Å²) >= 11 is -0.623. The van der Waals surface area contributed by atoms with Crippen molar-refractivity contribution in [3.8, 4) is 0 Å². The summed E-state index contributed by atoms with van der Waals surface area (Å²) in [7, 11) is 0. The Labute approximate surface area is 52.0 Å². The normalized spacial score (nSPS) is 26.2. The van der Waals surface area contributed by atoms with E-state index in [0.717, 1.165) is 0 Å². The Bertz CT molecular complexity index is 62.4. The van der Waals surface area contributed by atoms with Crippen LogP contribution in [0.5, 0.6) is 0 Å². The van der Waals surface area contributed by atoms with Crippen molar-refractivity contribution < 1.29 is 4.55 Å². The number of nitrogens with one attached hydrogen (secondary N) is 1. The van der Waals surface area contributed by atoms with Crippen LogP contribution in [0.25, 0.3) is 0 Å². The van der Waals surface area contributed by atoms with Gasteiger partial charge < -0.3 is 4.55 Å². The van der Waals surface area contributed by atoms with Crippen molar-refractivity contribution in [1.29, 1.82) is 0 Å². The minimum Gasteiger partial charge on any atom is -0.616 e. The molecule has 0 amide bonds. The summed E-state index contributed by atoms with van der Waals surface area (Å²) in [5.74, 6) is 8.43. The minimum atomic E-state index is -0.623. The summed E-state index contributed by atoms with van der Waals surface area (Å²) < 4.78 is 10.6. The van der Waals surface area contributed by atoms with Crippen molar-refractivity contribution in [2.24, 2.45) is 0 Å². The Kier molecular flexibility index (Phi) is 2.13. The fourth-order valence-corrected chi connectivity index (χ4v) is 1.69. The second-order valence-electron chi connectivity index (χ2n) is 1.84. The van der Waals surface area contributed by atoms with Crippen LogP contribution in [0.1, 0.15) is 0 Å². The molecule has 1 N–H and O–H groups in total. The highest BCUT2D eigenvalue weighted by Gasteiger charge is 2.15. The van der Waals surface area contributed by atoms with Gasteiger partial charge in [-0.25, -0.2) is 5.01 Å². The highest BCUT2D eigenvalue weighted by Crippen LogP contribution is 1.98. The van der Waals surface area contributed by atoms with Gasteiger partial charge in [-0.05, 0) is 0 Å². The summed E-state index contributed by atoms with van der Waals surface area (Å²) in [5, 5.41) is 1.46. The summed E-state index contributed by atoms with van der Waals surface area (Å²) in [4.78, 5) is 0. The van der Waals surface area contributed by atoms with Gasteiger partial charge in [0.2, 0.25) is 0 Å². The first-order chi connectivity index (χ1) is 3.79. The van der Waals surface area contributed by atoms with Gasteiger partial charge >= 0.3 is 0 Å². The van der Waals surface area contributed by atoms with E-state index in [1.54, 1.807) is 0 Å². The predicted molar refractivity (Wildman–Crippen MR) is 32.5 cm³/mol. The number of hydrogen-bond donors (Lipinski definition) is 0. The quantitative estimate of drug-likeness (QED) is 0.408. The van der Waals surface area contributed by atoms with Crippen molar-refractivity contribution >= 4 is 11.2 Å². The van der Waals surface area contributed by atoms with Gasteiger partial charge in [0.05, 0.1) is 13.1 Å². The molecule has 1 radical (unpaired) electrons. The average molecular weight is 133 g/mol. The van der Waals surface area contributed by atoms with E-state index in [1.807, 2.05) is 0 Å². The van der Waals surface area contributed by atoms with Gasteiger partial charge in [-0.1, -0.05) is 11.2 Å². The maximum absolute atomic E-state index is 10.6. The molecule has 3 nitrogen and oxygen atoms in total. The van der Waals surface area contributed by atoms with Crippen molar-refractivity contribution in [3.05, 3.63) is 0 Å². The van der Waals surface area contributed by atoms with E-state index in [-0.39, 0.29) is 0 Å². The second-order valence-corrected chi connectivity index (χ2v) is 3.53. The SMILES string of the molecule is [NH]N1CC[S+]([O-])CC1. The average Bonchev–Trinajstić information content (AvgIpc) is 1.77. The van der Waals surface area contributed by atoms with Crippen molar-refractivity contribution in [2.45, 2.75) is 0 Å². The molecule has 4 heteroatoms. The Balaban J connectivity index is 2.19. The summed E-state index contributed by atoms with van der Waals surface area (Å²) in [6.45, 7) is 1.35.